The van der Waals surface area contributed by atoms with E-state index in [1.54, 1.807) is 0 Å². The normalized spacial score (nSPS) is 16.3. The van der Waals surface area contributed by atoms with Crippen LogP contribution in [0.3, 0.4) is 0 Å². The zero-order chi connectivity index (χ0) is 40.7. The predicted molar refractivity (Wildman–Crippen MR) is 249 cm³/mol. The third-order valence-electron chi connectivity index (χ3n) is 13.9. The lowest BCUT2D eigenvalue weighted by atomic mass is 9.31. The van der Waals surface area contributed by atoms with Crippen LogP contribution in [0.5, 0.6) is 0 Å². The van der Waals surface area contributed by atoms with Crippen LogP contribution in [-0.4, -0.2) is 6.71 Å². The molecule has 0 saturated carbocycles. The smallest absolute Gasteiger partial charge is 0.253 e. The number of aryl methyl sites for hydroxylation is 1. The molecule has 6 aromatic carbocycles. The summed E-state index contributed by atoms with van der Waals surface area (Å²) < 4.78 is 7.21. The molecule has 10 rings (SSSR count). The van der Waals surface area contributed by atoms with Crippen molar-refractivity contribution in [3.63, 3.8) is 0 Å². The van der Waals surface area contributed by atoms with E-state index in [1.807, 2.05) is 0 Å². The SMILES string of the molecule is Cc1cc2c3c(c1)N(c1ccc(C(C)(C)C)cc1-c1ccccc1)c1cc4c(cc1B3c1c(-c3ccccc3)oc3cc(C(C)(C)C)cc-2c13)C(C)(C)CCC4(C)C. The van der Waals surface area contributed by atoms with Crippen LogP contribution in [0, 0.1) is 6.92 Å². The largest absolute Gasteiger partial charge is 0.457 e. The highest BCUT2D eigenvalue weighted by molar-refractivity contribution is 7.01. The Labute approximate surface area is 346 Å². The standard InChI is InChI=1S/C55H56BNO/c1-33-26-40-39-29-37(53(5,6)7)30-47-48(39)50(51(58-47)35-20-16-13-17-21-35)56-43-31-41-42(55(10,11)25-24-54(41,8)9)32-45(43)57(46(27-33)49(40)56)44-23-22-36(52(2,3)4)28-38(44)34-18-14-12-15-19-34/h12-23,26-32H,24-25H2,1-11H3. The van der Waals surface area contributed by atoms with Crippen LogP contribution in [0.15, 0.2) is 120 Å². The molecule has 0 unspecified atom stereocenters. The quantitative estimate of drug-likeness (QED) is 0.167. The van der Waals surface area contributed by atoms with Crippen LogP contribution in [0.1, 0.15) is 110 Å². The van der Waals surface area contributed by atoms with Crippen molar-refractivity contribution in [2.75, 3.05) is 4.90 Å². The van der Waals surface area contributed by atoms with Crippen molar-refractivity contribution in [3.05, 3.63) is 143 Å². The van der Waals surface area contributed by atoms with Gasteiger partial charge in [-0.15, -0.1) is 0 Å². The molecule has 3 heterocycles. The molecular weight excluding hydrogens is 701 g/mol. The molecule has 1 aliphatic carbocycles. The molecule has 2 nitrogen and oxygen atoms in total. The molecule has 3 heteroatoms. The van der Waals surface area contributed by atoms with E-state index in [0.29, 0.717) is 0 Å². The van der Waals surface area contributed by atoms with Gasteiger partial charge in [0.25, 0.3) is 6.71 Å². The summed E-state index contributed by atoms with van der Waals surface area (Å²) in [5.41, 5.74) is 21.9. The average molecular weight is 758 g/mol. The van der Waals surface area contributed by atoms with Crippen LogP contribution in [0.4, 0.5) is 17.1 Å². The first-order valence-corrected chi connectivity index (χ1v) is 21.4. The number of furan rings is 1. The van der Waals surface area contributed by atoms with Gasteiger partial charge < -0.3 is 9.32 Å². The van der Waals surface area contributed by atoms with E-state index in [0.717, 1.165) is 29.7 Å². The van der Waals surface area contributed by atoms with E-state index in [4.69, 9.17) is 4.42 Å². The summed E-state index contributed by atoms with van der Waals surface area (Å²) in [5, 5.41) is 1.26. The number of hydrogen-bond donors (Lipinski definition) is 0. The molecule has 1 aromatic heterocycles. The van der Waals surface area contributed by atoms with Gasteiger partial charge in [0.2, 0.25) is 0 Å². The highest BCUT2D eigenvalue weighted by Gasteiger charge is 2.47. The second-order valence-corrected chi connectivity index (χ2v) is 20.9. The average Bonchev–Trinajstić information content (AvgIpc) is 3.57. The molecule has 0 amide bonds. The Morgan fingerprint density at radius 2 is 1.16 bits per heavy atom. The molecule has 7 aromatic rings. The Kier molecular flexibility index (Phi) is 7.90. The van der Waals surface area contributed by atoms with Crippen molar-refractivity contribution in [1.29, 1.82) is 0 Å². The minimum absolute atomic E-state index is 0.000886. The fourth-order valence-corrected chi connectivity index (χ4v) is 10.4. The molecule has 0 bridgehead atoms. The monoisotopic (exact) mass is 757 g/mol. The van der Waals surface area contributed by atoms with Crippen LogP contribution >= 0.6 is 0 Å². The fourth-order valence-electron chi connectivity index (χ4n) is 10.4. The lowest BCUT2D eigenvalue weighted by Crippen LogP contribution is -2.60. The van der Waals surface area contributed by atoms with Crippen molar-refractivity contribution >= 4 is 51.1 Å². The summed E-state index contributed by atoms with van der Waals surface area (Å²) in [6, 6.07) is 44.1. The summed E-state index contributed by atoms with van der Waals surface area (Å²) in [4.78, 5) is 2.66. The molecule has 0 saturated heterocycles. The van der Waals surface area contributed by atoms with Gasteiger partial charge in [-0.3, -0.25) is 0 Å². The summed E-state index contributed by atoms with van der Waals surface area (Å²) in [6.07, 6.45) is 2.33. The fraction of sp³-hybridized carbons (Fsp3) is 0.309. The zero-order valence-electron chi connectivity index (χ0n) is 36.3. The highest BCUT2D eigenvalue weighted by atomic mass is 16.3. The maximum atomic E-state index is 7.21. The van der Waals surface area contributed by atoms with Gasteiger partial charge in [-0.25, -0.2) is 0 Å². The maximum absolute atomic E-state index is 7.21. The minimum Gasteiger partial charge on any atom is -0.457 e. The summed E-state index contributed by atoms with van der Waals surface area (Å²) in [7, 11) is 0. The van der Waals surface area contributed by atoms with E-state index >= 15 is 0 Å². The van der Waals surface area contributed by atoms with Gasteiger partial charge >= 0.3 is 0 Å². The first-order chi connectivity index (χ1) is 27.4. The maximum Gasteiger partial charge on any atom is 0.253 e. The molecule has 0 radical (unpaired) electrons. The van der Waals surface area contributed by atoms with Gasteiger partial charge in [0.05, 0.1) is 5.69 Å². The van der Waals surface area contributed by atoms with Crippen LogP contribution in [-0.2, 0) is 21.7 Å². The molecule has 58 heavy (non-hydrogen) atoms. The molecule has 0 atom stereocenters. The minimum atomic E-state index is -0.0548. The molecule has 290 valence electrons. The Bertz CT molecular complexity index is 2810. The van der Waals surface area contributed by atoms with Crippen molar-refractivity contribution < 1.29 is 4.42 Å². The first kappa shape index (κ1) is 37.0. The van der Waals surface area contributed by atoms with Gasteiger partial charge in [0, 0.05) is 27.9 Å². The van der Waals surface area contributed by atoms with E-state index in [9.17, 15) is 0 Å². The number of rotatable bonds is 3. The molecule has 2 aliphatic heterocycles. The number of anilines is 3. The number of hydrogen-bond acceptors (Lipinski definition) is 2. The second-order valence-electron chi connectivity index (χ2n) is 20.9. The second kappa shape index (κ2) is 12.4. The number of benzene rings is 6. The Morgan fingerprint density at radius 1 is 0.552 bits per heavy atom. The van der Waals surface area contributed by atoms with Crippen LogP contribution < -0.4 is 21.3 Å². The van der Waals surface area contributed by atoms with Gasteiger partial charge in [-0.05, 0) is 139 Å². The third-order valence-corrected chi connectivity index (χ3v) is 13.9. The predicted octanol–water partition coefficient (Wildman–Crippen LogP) is 13.3. The van der Waals surface area contributed by atoms with E-state index in [1.165, 1.54) is 88.9 Å². The van der Waals surface area contributed by atoms with Gasteiger partial charge in [0.1, 0.15) is 11.3 Å². The Balaban J connectivity index is 1.39. The van der Waals surface area contributed by atoms with Gasteiger partial charge in [0.15, 0.2) is 0 Å². The zero-order valence-corrected chi connectivity index (χ0v) is 36.3. The van der Waals surface area contributed by atoms with E-state index in [-0.39, 0.29) is 28.4 Å². The summed E-state index contributed by atoms with van der Waals surface area (Å²) >= 11 is 0. The molecule has 0 N–H and O–H groups in total. The summed E-state index contributed by atoms with van der Waals surface area (Å²) in [6.45, 7) is 26.0. The lowest BCUT2D eigenvalue weighted by molar-refractivity contribution is 0.332. The Hall–Kier alpha value is -5.28. The van der Waals surface area contributed by atoms with E-state index in [2.05, 4.69) is 196 Å². The van der Waals surface area contributed by atoms with Crippen LogP contribution in [0.25, 0.3) is 44.5 Å². The van der Waals surface area contributed by atoms with E-state index < -0.39 is 0 Å². The van der Waals surface area contributed by atoms with Crippen molar-refractivity contribution in [1.82, 2.24) is 0 Å². The lowest BCUT2D eigenvalue weighted by Gasteiger charge is -2.46. The summed E-state index contributed by atoms with van der Waals surface area (Å²) in [5.74, 6) is 0.987. The molecule has 0 spiro atoms. The van der Waals surface area contributed by atoms with Crippen molar-refractivity contribution in [2.45, 2.75) is 111 Å². The number of fused-ring (bicyclic) bond motifs is 5. The topological polar surface area (TPSA) is 16.4 Å². The first-order valence-electron chi connectivity index (χ1n) is 21.4. The van der Waals surface area contributed by atoms with Crippen molar-refractivity contribution in [3.8, 4) is 33.6 Å². The molecule has 0 fully saturated rings. The Morgan fingerprint density at radius 3 is 1.79 bits per heavy atom. The third kappa shape index (κ3) is 5.52. The molecular formula is C55H56BNO. The number of nitrogens with zero attached hydrogens (tertiary/aromatic N) is 1. The highest BCUT2D eigenvalue weighted by Crippen LogP contribution is 2.52. The van der Waals surface area contributed by atoms with Crippen LogP contribution in [0.2, 0.25) is 0 Å². The van der Waals surface area contributed by atoms with Gasteiger partial charge in [-0.2, -0.15) is 0 Å². The van der Waals surface area contributed by atoms with Crippen molar-refractivity contribution in [2.24, 2.45) is 0 Å². The molecule has 3 aliphatic rings. The van der Waals surface area contributed by atoms with Gasteiger partial charge in [-0.1, -0.05) is 148 Å².